The monoisotopic (exact) mass is 338 g/mol. The van der Waals surface area contributed by atoms with Gasteiger partial charge in [0.05, 0.1) is 0 Å². The lowest BCUT2D eigenvalue weighted by atomic mass is 10.1. The molecule has 0 radical (unpaired) electrons. The normalized spacial score (nSPS) is 10.2. The predicted octanol–water partition coefficient (Wildman–Crippen LogP) is 4.51. The highest BCUT2D eigenvalue weighted by Gasteiger charge is 2.04. The van der Waals surface area contributed by atoms with E-state index in [1.807, 2.05) is 93.6 Å². The molecule has 0 atom stereocenters. The first kappa shape index (κ1) is 18.0. The van der Waals surface area contributed by atoms with E-state index in [0.29, 0.717) is 5.75 Å². The Kier molecular flexibility index (Phi) is 6.40. The van der Waals surface area contributed by atoms with Crippen LogP contribution in [-0.2, 0) is 4.57 Å². The summed E-state index contributed by atoms with van der Waals surface area (Å²) in [6, 6.07) is 23.1. The molecule has 0 aliphatic carbocycles. The highest BCUT2D eigenvalue weighted by Crippen LogP contribution is 2.22. The summed E-state index contributed by atoms with van der Waals surface area (Å²) < 4.78 is 12.0. The standard InChI is InChI=1S/C12H11OP.C9H12O/c13-14(11-7-3-1-4-8-11)12-9-5-2-6-10-12;1-6-4-7(2)9(10)8(3)5-6/h1-10,14H;4-5,10H,1-3H3. The first-order chi connectivity index (χ1) is 11.5. The van der Waals surface area contributed by atoms with Crippen LogP contribution in [0.3, 0.4) is 0 Å². The lowest BCUT2D eigenvalue weighted by Gasteiger charge is -2.03. The van der Waals surface area contributed by atoms with Gasteiger partial charge in [-0.2, -0.15) is 0 Å². The van der Waals surface area contributed by atoms with Crippen molar-refractivity contribution in [2.45, 2.75) is 20.8 Å². The van der Waals surface area contributed by atoms with Crippen LogP contribution in [0.1, 0.15) is 16.7 Å². The minimum absolute atomic E-state index is 0.422. The third-order valence-corrected chi connectivity index (χ3v) is 5.42. The second-order valence-corrected chi connectivity index (χ2v) is 7.62. The van der Waals surface area contributed by atoms with Crippen LogP contribution in [0.4, 0.5) is 0 Å². The zero-order valence-corrected chi connectivity index (χ0v) is 15.3. The zero-order valence-electron chi connectivity index (χ0n) is 14.3. The van der Waals surface area contributed by atoms with Gasteiger partial charge in [0.2, 0.25) is 0 Å². The number of benzene rings is 3. The third-order valence-electron chi connectivity index (χ3n) is 3.71. The van der Waals surface area contributed by atoms with Gasteiger partial charge in [0.15, 0.2) is 0 Å². The van der Waals surface area contributed by atoms with Crippen molar-refractivity contribution >= 4 is 18.4 Å². The van der Waals surface area contributed by atoms with Crippen LogP contribution in [0.15, 0.2) is 72.8 Å². The molecule has 0 fully saturated rings. The molecule has 0 unspecified atom stereocenters. The fraction of sp³-hybridized carbons (Fsp3) is 0.143. The molecule has 0 saturated carbocycles. The topological polar surface area (TPSA) is 37.3 Å². The lowest BCUT2D eigenvalue weighted by molar-refractivity contribution is 0.466. The van der Waals surface area contributed by atoms with E-state index < -0.39 is 7.80 Å². The van der Waals surface area contributed by atoms with E-state index >= 15 is 0 Å². The quantitative estimate of drug-likeness (QED) is 0.698. The summed E-state index contributed by atoms with van der Waals surface area (Å²) in [5, 5.41) is 11.2. The van der Waals surface area contributed by atoms with Crippen LogP contribution in [0, 0.1) is 20.8 Å². The third kappa shape index (κ3) is 4.84. The fourth-order valence-electron chi connectivity index (χ4n) is 2.52. The largest absolute Gasteiger partial charge is 0.507 e. The van der Waals surface area contributed by atoms with Gasteiger partial charge in [0, 0.05) is 10.6 Å². The first-order valence-corrected chi connectivity index (χ1v) is 9.31. The minimum atomic E-state index is -1.79. The second-order valence-electron chi connectivity index (χ2n) is 5.81. The molecule has 3 aromatic rings. The van der Waals surface area contributed by atoms with E-state index in [4.69, 9.17) is 0 Å². The number of hydrogen-bond donors (Lipinski definition) is 1. The van der Waals surface area contributed by atoms with Crippen LogP contribution >= 0.6 is 7.80 Å². The van der Waals surface area contributed by atoms with Gasteiger partial charge in [-0.25, -0.2) is 0 Å². The summed E-state index contributed by atoms with van der Waals surface area (Å²) in [6.07, 6.45) is 0. The smallest absolute Gasteiger partial charge is 0.131 e. The van der Waals surface area contributed by atoms with Crippen LogP contribution in [0.2, 0.25) is 0 Å². The van der Waals surface area contributed by atoms with Crippen LogP contribution in [0.5, 0.6) is 5.75 Å². The molecule has 24 heavy (non-hydrogen) atoms. The van der Waals surface area contributed by atoms with Gasteiger partial charge < -0.3 is 9.67 Å². The Balaban J connectivity index is 0.000000185. The van der Waals surface area contributed by atoms with Gasteiger partial charge in [0.25, 0.3) is 0 Å². The van der Waals surface area contributed by atoms with Gasteiger partial charge in [-0.15, -0.1) is 0 Å². The average molecular weight is 338 g/mol. The molecule has 0 aromatic heterocycles. The van der Waals surface area contributed by atoms with Crippen molar-refractivity contribution in [3.63, 3.8) is 0 Å². The van der Waals surface area contributed by atoms with Crippen molar-refractivity contribution in [2.75, 3.05) is 0 Å². The summed E-state index contributed by atoms with van der Waals surface area (Å²) in [4.78, 5) is 0. The van der Waals surface area contributed by atoms with Crippen LogP contribution in [-0.4, -0.2) is 5.11 Å². The minimum Gasteiger partial charge on any atom is -0.507 e. The Hall–Kier alpha value is -2.31. The molecule has 0 heterocycles. The molecule has 2 nitrogen and oxygen atoms in total. The Morgan fingerprint density at radius 1 is 0.708 bits per heavy atom. The van der Waals surface area contributed by atoms with Crippen molar-refractivity contribution in [1.82, 2.24) is 0 Å². The zero-order chi connectivity index (χ0) is 17.5. The highest BCUT2D eigenvalue weighted by molar-refractivity contribution is 7.61. The molecule has 0 saturated heterocycles. The number of aryl methyl sites for hydroxylation is 3. The lowest BCUT2D eigenvalue weighted by Crippen LogP contribution is -2.04. The SMILES string of the molecule is Cc1cc(C)c(O)c(C)c1.O=[PH](c1ccccc1)c1ccccc1. The fourth-order valence-corrected chi connectivity index (χ4v) is 3.84. The Bertz CT molecular complexity index is 747. The number of aromatic hydroxyl groups is 1. The van der Waals surface area contributed by atoms with E-state index in [1.54, 1.807) is 0 Å². The Morgan fingerprint density at radius 2 is 1.08 bits per heavy atom. The molecule has 124 valence electrons. The van der Waals surface area contributed by atoms with E-state index in [-0.39, 0.29) is 0 Å². The van der Waals surface area contributed by atoms with E-state index in [9.17, 15) is 9.67 Å². The number of phenols is 1. The Labute approximate surface area is 144 Å². The molecule has 3 rings (SSSR count). The first-order valence-electron chi connectivity index (χ1n) is 7.90. The summed E-state index contributed by atoms with van der Waals surface area (Å²) in [5.41, 5.74) is 3.11. The summed E-state index contributed by atoms with van der Waals surface area (Å²) in [5.74, 6) is 0.422. The number of rotatable bonds is 2. The molecule has 0 aliphatic heterocycles. The van der Waals surface area contributed by atoms with Crippen molar-refractivity contribution in [3.05, 3.63) is 89.5 Å². The van der Waals surface area contributed by atoms with Crippen molar-refractivity contribution in [3.8, 4) is 5.75 Å². The Morgan fingerprint density at radius 3 is 1.46 bits per heavy atom. The molecular formula is C21H23O2P. The van der Waals surface area contributed by atoms with Gasteiger partial charge in [-0.1, -0.05) is 78.4 Å². The summed E-state index contributed by atoms with van der Waals surface area (Å²) in [7, 11) is -1.79. The van der Waals surface area contributed by atoms with Gasteiger partial charge in [-0.3, -0.25) is 0 Å². The average Bonchev–Trinajstić information content (AvgIpc) is 2.61. The van der Waals surface area contributed by atoms with Crippen LogP contribution in [0.25, 0.3) is 0 Å². The number of hydrogen-bond acceptors (Lipinski definition) is 2. The van der Waals surface area contributed by atoms with E-state index in [2.05, 4.69) is 0 Å². The van der Waals surface area contributed by atoms with E-state index in [0.717, 1.165) is 21.7 Å². The van der Waals surface area contributed by atoms with Crippen molar-refractivity contribution < 1.29 is 9.67 Å². The molecule has 0 aliphatic rings. The van der Waals surface area contributed by atoms with Crippen molar-refractivity contribution in [1.29, 1.82) is 0 Å². The molecule has 0 spiro atoms. The van der Waals surface area contributed by atoms with E-state index in [1.165, 1.54) is 5.56 Å². The maximum absolute atomic E-state index is 12.0. The molecule has 0 amide bonds. The maximum atomic E-state index is 12.0. The highest BCUT2D eigenvalue weighted by atomic mass is 31.1. The van der Waals surface area contributed by atoms with Crippen LogP contribution < -0.4 is 10.6 Å². The van der Waals surface area contributed by atoms with Gasteiger partial charge >= 0.3 is 0 Å². The molecule has 3 aromatic carbocycles. The summed E-state index contributed by atoms with van der Waals surface area (Å²) in [6.45, 7) is 5.85. The molecule has 0 bridgehead atoms. The molecule has 3 heteroatoms. The molecular weight excluding hydrogens is 315 g/mol. The predicted molar refractivity (Wildman–Crippen MR) is 103 cm³/mol. The van der Waals surface area contributed by atoms with Gasteiger partial charge in [-0.05, 0) is 31.9 Å². The summed E-state index contributed by atoms with van der Waals surface area (Å²) >= 11 is 0. The van der Waals surface area contributed by atoms with Crippen molar-refractivity contribution in [2.24, 2.45) is 0 Å². The maximum Gasteiger partial charge on any atom is 0.131 e. The van der Waals surface area contributed by atoms with Gasteiger partial charge in [0.1, 0.15) is 13.6 Å². The number of phenolic OH excluding ortho intramolecular Hbond substituents is 1. The second kappa shape index (κ2) is 8.52. The molecule has 1 N–H and O–H groups in total.